The Morgan fingerprint density at radius 2 is 1.95 bits per heavy atom. The minimum atomic E-state index is 0.0226. The number of nitrogens with one attached hydrogen (secondary N) is 1. The van der Waals surface area contributed by atoms with E-state index < -0.39 is 0 Å². The predicted molar refractivity (Wildman–Crippen MR) is 94.6 cm³/mol. The summed E-state index contributed by atoms with van der Waals surface area (Å²) < 4.78 is 5.78. The smallest absolute Gasteiger partial charge is 0.0641 e. The first-order chi connectivity index (χ1) is 10.3. The van der Waals surface area contributed by atoms with Gasteiger partial charge in [-0.3, -0.25) is 0 Å². The van der Waals surface area contributed by atoms with Gasteiger partial charge in [-0.25, -0.2) is 0 Å². The molecule has 0 bridgehead atoms. The van der Waals surface area contributed by atoms with Gasteiger partial charge in [-0.2, -0.15) is 0 Å². The molecule has 0 amide bonds. The molecule has 1 aromatic carbocycles. The van der Waals surface area contributed by atoms with Crippen molar-refractivity contribution in [1.82, 2.24) is 5.32 Å². The lowest BCUT2D eigenvalue weighted by Crippen LogP contribution is -2.44. The Bertz CT molecular complexity index is 467. The highest BCUT2D eigenvalue weighted by atomic mass is 35.5. The Balaban J connectivity index is 1.76. The van der Waals surface area contributed by atoms with Crippen molar-refractivity contribution in [2.45, 2.75) is 65.0 Å². The fraction of sp³-hybridized carbons (Fsp3) is 0.684. The number of rotatable bonds is 6. The zero-order valence-corrected chi connectivity index (χ0v) is 15.2. The van der Waals surface area contributed by atoms with Crippen LogP contribution in [-0.4, -0.2) is 24.8 Å². The summed E-state index contributed by atoms with van der Waals surface area (Å²) in [6.07, 6.45) is 4.49. The number of halogens is 1. The third kappa shape index (κ3) is 5.91. The van der Waals surface area contributed by atoms with E-state index in [1.807, 2.05) is 12.1 Å². The number of hydrogen-bond donors (Lipinski definition) is 1. The van der Waals surface area contributed by atoms with Crippen LogP contribution in [0.5, 0.6) is 0 Å². The zero-order valence-electron chi connectivity index (χ0n) is 14.4. The van der Waals surface area contributed by atoms with Crippen molar-refractivity contribution in [1.29, 1.82) is 0 Å². The Kier molecular flexibility index (Phi) is 5.93. The first-order valence-corrected chi connectivity index (χ1v) is 8.75. The van der Waals surface area contributed by atoms with E-state index in [-0.39, 0.29) is 5.60 Å². The standard InChI is InChI=1S/C19H30ClNO/c1-18(2,13-15-5-7-16(20)8-6-15)10-11-21-17-9-12-22-19(3,4)14-17/h5-8,17,21H,9-14H2,1-4H3/t17-/m1/s1. The average molecular weight is 324 g/mol. The van der Waals surface area contributed by atoms with Gasteiger partial charge in [-0.15, -0.1) is 0 Å². The molecule has 1 fully saturated rings. The van der Waals surface area contributed by atoms with E-state index in [1.165, 1.54) is 12.0 Å². The first-order valence-electron chi connectivity index (χ1n) is 8.38. The van der Waals surface area contributed by atoms with E-state index in [1.54, 1.807) is 0 Å². The van der Waals surface area contributed by atoms with Crippen LogP contribution in [0.2, 0.25) is 5.02 Å². The molecule has 3 heteroatoms. The minimum Gasteiger partial charge on any atom is -0.375 e. The van der Waals surface area contributed by atoms with E-state index in [2.05, 4.69) is 45.1 Å². The quantitative estimate of drug-likeness (QED) is 0.808. The monoisotopic (exact) mass is 323 g/mol. The molecular formula is C19H30ClNO. The molecule has 2 rings (SSSR count). The maximum Gasteiger partial charge on any atom is 0.0641 e. The Morgan fingerprint density at radius 3 is 2.59 bits per heavy atom. The molecular weight excluding hydrogens is 294 g/mol. The number of ether oxygens (including phenoxy) is 1. The number of hydrogen-bond acceptors (Lipinski definition) is 2. The van der Waals surface area contributed by atoms with Crippen LogP contribution >= 0.6 is 11.6 Å². The van der Waals surface area contributed by atoms with E-state index >= 15 is 0 Å². The third-order valence-electron chi connectivity index (χ3n) is 4.53. The Hall–Kier alpha value is -0.570. The second-order valence-electron chi connectivity index (χ2n) is 7.97. The number of benzene rings is 1. The van der Waals surface area contributed by atoms with Gasteiger partial charge in [-0.05, 0) is 69.2 Å². The molecule has 0 unspecified atom stereocenters. The van der Waals surface area contributed by atoms with Gasteiger partial charge in [0.25, 0.3) is 0 Å². The molecule has 0 aromatic heterocycles. The van der Waals surface area contributed by atoms with Crippen molar-refractivity contribution in [3.8, 4) is 0 Å². The van der Waals surface area contributed by atoms with Crippen molar-refractivity contribution in [3.63, 3.8) is 0 Å². The summed E-state index contributed by atoms with van der Waals surface area (Å²) in [6.45, 7) is 11.0. The van der Waals surface area contributed by atoms with E-state index in [9.17, 15) is 0 Å². The molecule has 124 valence electrons. The van der Waals surface area contributed by atoms with Crippen molar-refractivity contribution in [2.75, 3.05) is 13.2 Å². The van der Waals surface area contributed by atoms with Gasteiger partial charge in [0.2, 0.25) is 0 Å². The first kappa shape index (κ1) is 17.8. The van der Waals surface area contributed by atoms with Gasteiger partial charge in [-0.1, -0.05) is 37.6 Å². The van der Waals surface area contributed by atoms with Crippen molar-refractivity contribution in [3.05, 3.63) is 34.9 Å². The molecule has 1 N–H and O–H groups in total. The highest BCUT2D eigenvalue weighted by molar-refractivity contribution is 6.30. The normalized spacial score (nSPS) is 21.8. The zero-order chi connectivity index (χ0) is 16.2. The van der Waals surface area contributed by atoms with Crippen LogP contribution in [0, 0.1) is 5.41 Å². The van der Waals surface area contributed by atoms with Crippen LogP contribution in [-0.2, 0) is 11.2 Å². The molecule has 1 aliphatic rings. The highest BCUT2D eigenvalue weighted by Gasteiger charge is 2.28. The summed E-state index contributed by atoms with van der Waals surface area (Å²) in [5.41, 5.74) is 1.68. The maximum absolute atomic E-state index is 5.96. The van der Waals surface area contributed by atoms with E-state index in [0.717, 1.165) is 37.4 Å². The third-order valence-corrected chi connectivity index (χ3v) is 4.78. The molecule has 2 nitrogen and oxygen atoms in total. The van der Waals surface area contributed by atoms with Crippen LogP contribution in [0.4, 0.5) is 0 Å². The fourth-order valence-corrected chi connectivity index (χ4v) is 3.39. The van der Waals surface area contributed by atoms with E-state index in [0.29, 0.717) is 11.5 Å². The highest BCUT2D eigenvalue weighted by Crippen LogP contribution is 2.27. The van der Waals surface area contributed by atoms with Crippen LogP contribution < -0.4 is 5.32 Å². The molecule has 0 aliphatic carbocycles. The van der Waals surface area contributed by atoms with Crippen molar-refractivity contribution >= 4 is 11.6 Å². The fourth-order valence-electron chi connectivity index (χ4n) is 3.26. The summed E-state index contributed by atoms with van der Waals surface area (Å²) in [6, 6.07) is 8.83. The second-order valence-corrected chi connectivity index (χ2v) is 8.41. The summed E-state index contributed by atoms with van der Waals surface area (Å²) in [5.74, 6) is 0. The lowest BCUT2D eigenvalue weighted by molar-refractivity contribution is -0.0629. The lowest BCUT2D eigenvalue weighted by Gasteiger charge is -2.36. The van der Waals surface area contributed by atoms with Crippen LogP contribution in [0.25, 0.3) is 0 Å². The van der Waals surface area contributed by atoms with Crippen LogP contribution in [0.15, 0.2) is 24.3 Å². The van der Waals surface area contributed by atoms with Crippen molar-refractivity contribution in [2.24, 2.45) is 5.41 Å². The van der Waals surface area contributed by atoms with Crippen molar-refractivity contribution < 1.29 is 4.74 Å². The van der Waals surface area contributed by atoms with Gasteiger partial charge in [0.15, 0.2) is 0 Å². The summed E-state index contributed by atoms with van der Waals surface area (Å²) >= 11 is 5.96. The van der Waals surface area contributed by atoms with Gasteiger partial charge in [0.05, 0.1) is 5.60 Å². The van der Waals surface area contributed by atoms with Gasteiger partial charge >= 0.3 is 0 Å². The molecule has 0 saturated carbocycles. The van der Waals surface area contributed by atoms with E-state index in [4.69, 9.17) is 16.3 Å². The molecule has 1 heterocycles. The summed E-state index contributed by atoms with van der Waals surface area (Å²) in [7, 11) is 0. The Morgan fingerprint density at radius 1 is 1.27 bits per heavy atom. The second kappa shape index (κ2) is 7.33. The molecule has 22 heavy (non-hydrogen) atoms. The SMILES string of the molecule is CC(C)(CCN[C@@H]1CCOC(C)(C)C1)Cc1ccc(Cl)cc1. The topological polar surface area (TPSA) is 21.3 Å². The van der Waals surface area contributed by atoms with Gasteiger partial charge < -0.3 is 10.1 Å². The average Bonchev–Trinajstić information content (AvgIpc) is 2.40. The molecule has 1 aromatic rings. The van der Waals surface area contributed by atoms with Crippen LogP contribution in [0.1, 0.15) is 52.5 Å². The largest absolute Gasteiger partial charge is 0.375 e. The molecule has 1 aliphatic heterocycles. The Labute approximate surface area is 140 Å². The summed E-state index contributed by atoms with van der Waals surface area (Å²) in [4.78, 5) is 0. The summed E-state index contributed by atoms with van der Waals surface area (Å²) in [5, 5.41) is 4.54. The molecule has 1 atom stereocenters. The predicted octanol–water partition coefficient (Wildman–Crippen LogP) is 4.85. The maximum atomic E-state index is 5.96. The molecule has 0 radical (unpaired) electrons. The molecule has 0 spiro atoms. The van der Waals surface area contributed by atoms with Crippen LogP contribution in [0.3, 0.4) is 0 Å². The van der Waals surface area contributed by atoms with Gasteiger partial charge in [0, 0.05) is 17.7 Å². The minimum absolute atomic E-state index is 0.0226. The van der Waals surface area contributed by atoms with Gasteiger partial charge in [0.1, 0.15) is 0 Å². The molecule has 1 saturated heterocycles. The lowest BCUT2D eigenvalue weighted by atomic mass is 9.82.